The van der Waals surface area contributed by atoms with Crippen LogP contribution in [0.5, 0.6) is 0 Å². The van der Waals surface area contributed by atoms with Gasteiger partial charge in [-0.2, -0.15) is 0 Å². The highest BCUT2D eigenvalue weighted by atomic mass is 19.1. The van der Waals surface area contributed by atoms with Gasteiger partial charge in [0.25, 0.3) is 0 Å². The van der Waals surface area contributed by atoms with Crippen LogP contribution in [0.4, 0.5) is 29.3 Å². The number of nitrogens with one attached hydrogen (secondary N) is 4. The molecule has 4 atom stereocenters. The fourth-order valence-corrected chi connectivity index (χ4v) is 5.44. The summed E-state index contributed by atoms with van der Waals surface area (Å²) in [4.78, 5) is 43.1. The molecule has 3 heterocycles. The Morgan fingerprint density at radius 1 is 1.09 bits per heavy atom. The molecule has 2 aromatic carbocycles. The monoisotopic (exact) mass is 654 g/mol. The Labute approximate surface area is 270 Å². The van der Waals surface area contributed by atoms with Gasteiger partial charge in [-0.05, 0) is 61.2 Å². The molecule has 14 heteroatoms. The van der Waals surface area contributed by atoms with Crippen molar-refractivity contribution in [3.8, 4) is 0 Å². The lowest BCUT2D eigenvalue weighted by Crippen LogP contribution is -2.50. The molecule has 2 aliphatic rings. The van der Waals surface area contributed by atoms with Crippen molar-refractivity contribution >= 4 is 29.3 Å². The van der Waals surface area contributed by atoms with E-state index < -0.39 is 41.5 Å². The number of carbonyl (C=O) groups is 3. The fraction of sp³-hybridized carbons (Fsp3) is 0.394. The van der Waals surface area contributed by atoms with E-state index in [0.29, 0.717) is 37.2 Å². The van der Waals surface area contributed by atoms with Crippen molar-refractivity contribution < 1.29 is 37.0 Å². The normalized spacial score (nSPS) is 20.0. The number of aromatic nitrogens is 1. The summed E-state index contributed by atoms with van der Waals surface area (Å²) in [6, 6.07) is 9.54. The molecule has 2 fully saturated rings. The van der Waals surface area contributed by atoms with Gasteiger partial charge in [0.2, 0.25) is 11.8 Å². The third-order valence-corrected chi connectivity index (χ3v) is 8.14. The van der Waals surface area contributed by atoms with Gasteiger partial charge in [-0.25, -0.2) is 18.0 Å². The van der Waals surface area contributed by atoms with E-state index in [2.05, 4.69) is 26.3 Å². The average molecular weight is 655 g/mol. The lowest BCUT2D eigenvalue weighted by molar-refractivity contribution is -0.128. The molecule has 11 nitrogen and oxygen atoms in total. The first kappa shape index (κ1) is 33.7. The Kier molecular flexibility index (Phi) is 11.3. The van der Waals surface area contributed by atoms with Gasteiger partial charge in [0.1, 0.15) is 36.1 Å². The van der Waals surface area contributed by atoms with Crippen LogP contribution in [0.2, 0.25) is 0 Å². The zero-order valence-electron chi connectivity index (χ0n) is 25.8. The number of hydrogen-bond donors (Lipinski definition) is 4. The molecule has 4 N–H and O–H groups in total. The van der Waals surface area contributed by atoms with Crippen molar-refractivity contribution in [3.63, 3.8) is 0 Å². The second kappa shape index (κ2) is 15.7. The first-order valence-corrected chi connectivity index (χ1v) is 15.4. The van der Waals surface area contributed by atoms with Gasteiger partial charge in [0.15, 0.2) is 0 Å². The first-order chi connectivity index (χ1) is 22.6. The Bertz CT molecular complexity index is 1490. The zero-order chi connectivity index (χ0) is 33.3. The van der Waals surface area contributed by atoms with Crippen molar-refractivity contribution in [3.05, 3.63) is 89.5 Å². The van der Waals surface area contributed by atoms with E-state index in [0.717, 1.165) is 6.20 Å². The number of carbonyl (C=O) groups excluding carboxylic acids is 3. The third kappa shape index (κ3) is 9.42. The number of benzene rings is 2. The van der Waals surface area contributed by atoms with Crippen LogP contribution in [0.25, 0.3) is 0 Å². The van der Waals surface area contributed by atoms with E-state index in [4.69, 9.17) is 9.47 Å². The SMILES string of the molecule is CN1CCC(NC(=O)OC[C@@H]2CO[C@H](CCc3c(F)cncc3NC(=O)[C@H](Cc3ccc(F)cc3)Nc3ccc(F)cc3)CN2)C1=O. The maximum Gasteiger partial charge on any atom is 0.407 e. The van der Waals surface area contributed by atoms with Crippen molar-refractivity contribution in [2.75, 3.05) is 44.0 Å². The van der Waals surface area contributed by atoms with Gasteiger partial charge < -0.3 is 35.6 Å². The van der Waals surface area contributed by atoms with Crippen molar-refractivity contribution in [2.24, 2.45) is 0 Å². The molecule has 0 radical (unpaired) electrons. The van der Waals surface area contributed by atoms with E-state index in [1.54, 1.807) is 24.1 Å². The maximum absolute atomic E-state index is 15.0. The fourth-order valence-electron chi connectivity index (χ4n) is 5.44. The number of hydrogen-bond acceptors (Lipinski definition) is 8. The lowest BCUT2D eigenvalue weighted by atomic mass is 10.0. The van der Waals surface area contributed by atoms with Gasteiger partial charge in [0.05, 0.1) is 36.8 Å². The van der Waals surface area contributed by atoms with Gasteiger partial charge in [-0.15, -0.1) is 0 Å². The molecule has 2 aliphatic heterocycles. The summed E-state index contributed by atoms with van der Waals surface area (Å²) < 4.78 is 53.2. The number of nitrogens with zero attached hydrogens (tertiary/aromatic N) is 2. The molecular weight excluding hydrogens is 617 g/mol. The summed E-state index contributed by atoms with van der Waals surface area (Å²) in [5.74, 6) is -2.06. The topological polar surface area (TPSA) is 134 Å². The van der Waals surface area contributed by atoms with Gasteiger partial charge in [-0.1, -0.05) is 12.1 Å². The molecule has 0 aliphatic carbocycles. The van der Waals surface area contributed by atoms with E-state index in [9.17, 15) is 23.2 Å². The van der Waals surface area contributed by atoms with Crippen LogP contribution >= 0.6 is 0 Å². The predicted octanol–water partition coefficient (Wildman–Crippen LogP) is 3.41. The minimum Gasteiger partial charge on any atom is -0.448 e. The number of alkyl carbamates (subject to hydrolysis) is 1. The minimum atomic E-state index is -0.867. The van der Waals surface area contributed by atoms with Crippen LogP contribution in [0.15, 0.2) is 60.9 Å². The second-order valence-electron chi connectivity index (χ2n) is 11.6. The number of rotatable bonds is 12. The van der Waals surface area contributed by atoms with Crippen LogP contribution in [-0.4, -0.2) is 85.4 Å². The molecule has 0 saturated carbocycles. The molecule has 2 saturated heterocycles. The number of halogens is 3. The van der Waals surface area contributed by atoms with Crippen LogP contribution in [0.3, 0.4) is 0 Å². The highest BCUT2D eigenvalue weighted by Crippen LogP contribution is 2.23. The van der Waals surface area contributed by atoms with Gasteiger partial charge in [0, 0.05) is 37.8 Å². The van der Waals surface area contributed by atoms with Crippen LogP contribution in [0, 0.1) is 17.5 Å². The van der Waals surface area contributed by atoms with Crippen LogP contribution < -0.4 is 21.3 Å². The summed E-state index contributed by atoms with van der Waals surface area (Å²) >= 11 is 0. The Hall–Kier alpha value is -4.69. The highest BCUT2D eigenvalue weighted by molar-refractivity contribution is 5.97. The summed E-state index contributed by atoms with van der Waals surface area (Å²) in [6.45, 7) is 1.31. The Morgan fingerprint density at radius 3 is 2.47 bits per heavy atom. The van der Waals surface area contributed by atoms with E-state index in [1.807, 2.05) is 0 Å². The van der Waals surface area contributed by atoms with E-state index in [1.165, 1.54) is 42.6 Å². The van der Waals surface area contributed by atoms with Gasteiger partial charge in [-0.3, -0.25) is 14.6 Å². The second-order valence-corrected chi connectivity index (χ2v) is 11.6. The average Bonchev–Trinajstić information content (AvgIpc) is 3.37. The maximum atomic E-state index is 15.0. The predicted molar refractivity (Wildman–Crippen MR) is 167 cm³/mol. The molecule has 0 bridgehead atoms. The molecule has 1 aromatic heterocycles. The third-order valence-electron chi connectivity index (χ3n) is 8.14. The summed E-state index contributed by atoms with van der Waals surface area (Å²) in [5.41, 5.74) is 1.64. The Balaban J connectivity index is 1.14. The number of likely N-dealkylation sites (tertiary alicyclic amines) is 1. The summed E-state index contributed by atoms with van der Waals surface area (Å²) in [7, 11) is 1.68. The molecular formula is C33H37F3N6O5. The minimum absolute atomic E-state index is 0.0511. The lowest BCUT2D eigenvalue weighted by Gasteiger charge is -2.30. The number of amides is 3. The molecule has 3 aromatic rings. The molecule has 1 unspecified atom stereocenters. The molecule has 5 rings (SSSR count). The largest absolute Gasteiger partial charge is 0.448 e. The molecule has 250 valence electrons. The standard InChI is InChI=1S/C33H37F3N6O5/c1-42-13-12-28(32(42)44)41-33(45)47-19-24-18-46-25(15-38-24)10-11-26-27(36)16-37-17-30(26)40-31(43)29(14-20-2-4-21(34)5-3-20)39-23-8-6-22(35)7-9-23/h2-9,16-17,24-25,28-29,38-39H,10-15,18-19H2,1H3,(H,40,43)(H,41,45)/t24-,25+,28?,29-/m0/s1. The van der Waals surface area contributed by atoms with E-state index >= 15 is 4.39 Å². The molecule has 47 heavy (non-hydrogen) atoms. The number of pyridine rings is 1. The van der Waals surface area contributed by atoms with Crippen LogP contribution in [0.1, 0.15) is 24.0 Å². The summed E-state index contributed by atoms with van der Waals surface area (Å²) in [6.07, 6.45) is 2.88. The number of anilines is 2. The van der Waals surface area contributed by atoms with E-state index in [-0.39, 0.29) is 55.4 Å². The number of likely N-dealkylation sites (N-methyl/N-ethyl adjacent to an activating group) is 1. The zero-order valence-corrected chi connectivity index (χ0v) is 25.8. The molecule has 3 amide bonds. The molecule has 0 spiro atoms. The number of morpholine rings is 1. The Morgan fingerprint density at radius 2 is 1.81 bits per heavy atom. The van der Waals surface area contributed by atoms with Crippen molar-refractivity contribution in [1.29, 1.82) is 0 Å². The summed E-state index contributed by atoms with van der Waals surface area (Å²) in [5, 5.41) is 11.7. The number of ether oxygens (including phenoxy) is 2. The van der Waals surface area contributed by atoms with Crippen LogP contribution in [-0.2, 0) is 31.9 Å². The highest BCUT2D eigenvalue weighted by Gasteiger charge is 2.31. The smallest absolute Gasteiger partial charge is 0.407 e. The first-order valence-electron chi connectivity index (χ1n) is 15.4. The van der Waals surface area contributed by atoms with Crippen molar-refractivity contribution in [1.82, 2.24) is 20.5 Å². The van der Waals surface area contributed by atoms with Crippen molar-refractivity contribution in [2.45, 2.75) is 49.9 Å². The quantitative estimate of drug-likeness (QED) is 0.234. The van der Waals surface area contributed by atoms with Gasteiger partial charge >= 0.3 is 6.09 Å².